The molecule has 3 heterocycles. The molecule has 5 rings (SSSR count). The van der Waals surface area contributed by atoms with E-state index in [4.69, 9.17) is 0 Å². The normalized spacial score (nSPS) is 13.0. The standard InChI is InChI=1S/C27H26N4.C2H4/c1-18-5-7-21(8-6-18)25-11-9-23(15-24(25)14-20-16-28-17-20)19(2)30-26-12-10-22-4-3-13-29-27(22)31-26;1-2/h3-13,15,20,28H,2,14,16-17H2,1H3,(H,29,30,31);1-2H2. The fourth-order valence-electron chi connectivity index (χ4n) is 4.02. The third-order valence-electron chi connectivity index (χ3n) is 5.93. The summed E-state index contributed by atoms with van der Waals surface area (Å²) in [7, 11) is 0. The van der Waals surface area contributed by atoms with Crippen molar-refractivity contribution in [2.24, 2.45) is 5.92 Å². The number of hydrogen-bond donors (Lipinski definition) is 2. The summed E-state index contributed by atoms with van der Waals surface area (Å²) in [5, 5.41) is 7.78. The van der Waals surface area contributed by atoms with Crippen LogP contribution in [-0.2, 0) is 6.42 Å². The lowest BCUT2D eigenvalue weighted by Crippen LogP contribution is -2.43. The van der Waals surface area contributed by atoms with Gasteiger partial charge in [0.15, 0.2) is 5.65 Å². The summed E-state index contributed by atoms with van der Waals surface area (Å²) in [5.74, 6) is 1.44. The van der Waals surface area contributed by atoms with E-state index in [-0.39, 0.29) is 0 Å². The van der Waals surface area contributed by atoms with Crippen LogP contribution in [0.5, 0.6) is 0 Å². The van der Waals surface area contributed by atoms with Gasteiger partial charge >= 0.3 is 0 Å². The van der Waals surface area contributed by atoms with E-state index in [1.54, 1.807) is 6.20 Å². The number of aromatic nitrogens is 2. The predicted octanol–water partition coefficient (Wildman–Crippen LogP) is 6.25. The number of nitrogens with one attached hydrogen (secondary N) is 2. The fraction of sp³-hybridized carbons (Fsp3) is 0.172. The molecule has 2 N–H and O–H groups in total. The molecule has 0 unspecified atom stereocenters. The van der Waals surface area contributed by atoms with Gasteiger partial charge in [-0.25, -0.2) is 9.97 Å². The number of rotatable bonds is 6. The number of benzene rings is 2. The van der Waals surface area contributed by atoms with E-state index in [1.807, 2.05) is 24.3 Å². The largest absolute Gasteiger partial charge is 0.340 e. The van der Waals surface area contributed by atoms with E-state index in [0.29, 0.717) is 5.92 Å². The zero-order valence-electron chi connectivity index (χ0n) is 19.1. The Hall–Kier alpha value is -3.76. The number of pyridine rings is 2. The Bertz CT molecular complexity index is 1260. The fourth-order valence-corrected chi connectivity index (χ4v) is 4.02. The van der Waals surface area contributed by atoms with Gasteiger partial charge in [0.05, 0.1) is 0 Å². The molecule has 1 saturated heterocycles. The molecule has 4 heteroatoms. The summed E-state index contributed by atoms with van der Waals surface area (Å²) < 4.78 is 0. The van der Waals surface area contributed by atoms with Gasteiger partial charge in [0.25, 0.3) is 0 Å². The summed E-state index contributed by atoms with van der Waals surface area (Å²) >= 11 is 0. The molecule has 0 atom stereocenters. The van der Waals surface area contributed by atoms with Crippen molar-refractivity contribution in [1.82, 2.24) is 15.3 Å². The van der Waals surface area contributed by atoms with Gasteiger partial charge in [-0.15, -0.1) is 13.2 Å². The first-order chi connectivity index (χ1) is 16.2. The van der Waals surface area contributed by atoms with Crippen LogP contribution < -0.4 is 10.6 Å². The van der Waals surface area contributed by atoms with Gasteiger partial charge in [-0.05, 0) is 84.9 Å². The third-order valence-corrected chi connectivity index (χ3v) is 5.93. The molecule has 33 heavy (non-hydrogen) atoms. The summed E-state index contributed by atoms with van der Waals surface area (Å²) in [4.78, 5) is 8.97. The Kier molecular flexibility index (Phi) is 6.96. The Balaban J connectivity index is 0.00000126. The molecule has 0 bridgehead atoms. The first kappa shape index (κ1) is 22.4. The summed E-state index contributed by atoms with van der Waals surface area (Å²) in [6.07, 6.45) is 2.83. The molecular weight excluding hydrogens is 404 g/mol. The number of fused-ring (bicyclic) bond motifs is 1. The second-order valence-electron chi connectivity index (χ2n) is 8.32. The Morgan fingerprint density at radius 2 is 1.82 bits per heavy atom. The maximum absolute atomic E-state index is 4.62. The quantitative estimate of drug-likeness (QED) is 0.352. The molecule has 0 spiro atoms. The molecule has 2 aromatic carbocycles. The van der Waals surface area contributed by atoms with Gasteiger partial charge in [-0.1, -0.05) is 48.5 Å². The van der Waals surface area contributed by atoms with Crippen molar-refractivity contribution in [3.63, 3.8) is 0 Å². The van der Waals surface area contributed by atoms with Crippen LogP contribution in [0.15, 0.2) is 92.7 Å². The molecule has 4 nitrogen and oxygen atoms in total. The third kappa shape index (κ3) is 5.18. The van der Waals surface area contributed by atoms with Gasteiger partial charge in [-0.2, -0.15) is 0 Å². The average Bonchev–Trinajstić information content (AvgIpc) is 2.83. The predicted molar refractivity (Wildman–Crippen MR) is 140 cm³/mol. The van der Waals surface area contributed by atoms with Crippen molar-refractivity contribution < 1.29 is 0 Å². The van der Waals surface area contributed by atoms with Gasteiger partial charge in [-0.3, -0.25) is 0 Å². The maximum Gasteiger partial charge on any atom is 0.161 e. The van der Waals surface area contributed by atoms with Crippen LogP contribution in [0, 0.1) is 12.8 Å². The summed E-state index contributed by atoms with van der Waals surface area (Å²) in [5.41, 5.74) is 7.86. The van der Waals surface area contributed by atoms with Crippen molar-refractivity contribution in [3.8, 4) is 11.1 Å². The van der Waals surface area contributed by atoms with Crippen LogP contribution in [0.25, 0.3) is 27.9 Å². The van der Waals surface area contributed by atoms with Gasteiger partial charge in [0.1, 0.15) is 5.82 Å². The molecule has 1 aliphatic rings. The Labute approximate surface area is 196 Å². The zero-order chi connectivity index (χ0) is 23.2. The van der Waals surface area contributed by atoms with Crippen LogP contribution in [-0.4, -0.2) is 23.1 Å². The summed E-state index contributed by atoms with van der Waals surface area (Å²) in [6, 6.07) is 23.4. The minimum atomic E-state index is 0.689. The maximum atomic E-state index is 4.62. The van der Waals surface area contributed by atoms with Crippen molar-refractivity contribution >= 4 is 22.5 Å². The Morgan fingerprint density at radius 3 is 2.55 bits per heavy atom. The lowest BCUT2D eigenvalue weighted by atomic mass is 9.88. The second kappa shape index (κ2) is 10.2. The highest BCUT2D eigenvalue weighted by molar-refractivity contribution is 5.81. The highest BCUT2D eigenvalue weighted by Crippen LogP contribution is 2.30. The topological polar surface area (TPSA) is 49.8 Å². The molecule has 0 radical (unpaired) electrons. The first-order valence-electron chi connectivity index (χ1n) is 11.2. The number of anilines is 1. The second-order valence-corrected chi connectivity index (χ2v) is 8.32. The van der Waals surface area contributed by atoms with Gasteiger partial charge in [0.2, 0.25) is 0 Å². The van der Waals surface area contributed by atoms with Crippen molar-refractivity contribution in [1.29, 1.82) is 0 Å². The average molecular weight is 435 g/mol. The van der Waals surface area contributed by atoms with Crippen LogP contribution >= 0.6 is 0 Å². The van der Waals surface area contributed by atoms with E-state index < -0.39 is 0 Å². The van der Waals surface area contributed by atoms with E-state index >= 15 is 0 Å². The smallest absolute Gasteiger partial charge is 0.161 e. The van der Waals surface area contributed by atoms with E-state index in [1.165, 1.54) is 22.3 Å². The van der Waals surface area contributed by atoms with Gasteiger partial charge < -0.3 is 10.6 Å². The molecule has 4 aromatic rings. The van der Waals surface area contributed by atoms with Crippen LogP contribution in [0.3, 0.4) is 0 Å². The lowest BCUT2D eigenvalue weighted by Gasteiger charge is -2.28. The van der Waals surface area contributed by atoms with Crippen LogP contribution in [0.1, 0.15) is 16.7 Å². The molecule has 1 aliphatic heterocycles. The van der Waals surface area contributed by atoms with Crippen molar-refractivity contribution in [2.75, 3.05) is 18.4 Å². The first-order valence-corrected chi connectivity index (χ1v) is 11.2. The zero-order valence-corrected chi connectivity index (χ0v) is 19.1. The summed E-state index contributed by atoms with van der Waals surface area (Å²) in [6.45, 7) is 14.6. The van der Waals surface area contributed by atoms with Gasteiger partial charge in [0, 0.05) is 17.3 Å². The molecule has 166 valence electrons. The number of nitrogens with zero attached hydrogens (tertiary/aromatic N) is 2. The van der Waals surface area contributed by atoms with E-state index in [0.717, 1.165) is 47.6 Å². The molecule has 1 fully saturated rings. The lowest BCUT2D eigenvalue weighted by molar-refractivity contribution is 0.347. The Morgan fingerprint density at radius 1 is 1.03 bits per heavy atom. The number of hydrogen-bond acceptors (Lipinski definition) is 4. The minimum absolute atomic E-state index is 0.689. The SMILES string of the molecule is C=C.C=C(Nc1ccc2cccnc2n1)c1ccc(-c2ccc(C)cc2)c(CC2CNC2)c1. The highest BCUT2D eigenvalue weighted by Gasteiger charge is 2.19. The van der Waals surface area contributed by atoms with Crippen LogP contribution in [0.2, 0.25) is 0 Å². The van der Waals surface area contributed by atoms with E-state index in [2.05, 4.69) is 89.7 Å². The monoisotopic (exact) mass is 434 g/mol. The molecule has 0 aliphatic carbocycles. The molecular formula is C29H30N4. The highest BCUT2D eigenvalue weighted by atomic mass is 15.0. The number of aryl methyl sites for hydroxylation is 1. The van der Waals surface area contributed by atoms with E-state index in [9.17, 15) is 0 Å². The molecule has 2 aromatic heterocycles. The van der Waals surface area contributed by atoms with Crippen LogP contribution in [0.4, 0.5) is 5.82 Å². The molecule has 0 amide bonds. The molecule has 0 saturated carbocycles. The van der Waals surface area contributed by atoms with Crippen molar-refractivity contribution in [3.05, 3.63) is 109 Å². The minimum Gasteiger partial charge on any atom is -0.340 e. The van der Waals surface area contributed by atoms with Crippen molar-refractivity contribution in [2.45, 2.75) is 13.3 Å².